The second-order valence-corrected chi connectivity index (χ2v) is 2.32. The van der Waals surface area contributed by atoms with Crippen molar-refractivity contribution in [2.75, 3.05) is 0 Å². The third kappa shape index (κ3) is 1.50. The fourth-order valence-corrected chi connectivity index (χ4v) is 0.893. The summed E-state index contributed by atoms with van der Waals surface area (Å²) in [5, 5.41) is 17.6. The number of nitriles is 1. The van der Waals surface area contributed by atoms with Crippen LogP contribution >= 0.6 is 0 Å². The van der Waals surface area contributed by atoms with Gasteiger partial charge in [0.05, 0.1) is 5.56 Å². The molecule has 0 amide bonds. The predicted octanol–water partition coefficient (Wildman–Crippen LogP) is 1.83. The normalized spacial score (nSPS) is 9.09. The molecule has 0 saturated carbocycles. The second kappa shape index (κ2) is 3.07. The molecule has 1 rings (SSSR count). The van der Waals surface area contributed by atoms with Gasteiger partial charge in [-0.25, -0.2) is 0 Å². The fourth-order valence-electron chi connectivity index (χ4n) is 0.893. The van der Waals surface area contributed by atoms with Crippen molar-refractivity contribution in [2.45, 2.75) is 13.3 Å². The van der Waals surface area contributed by atoms with Gasteiger partial charge in [0.2, 0.25) is 0 Å². The Balaban J connectivity index is 3.15. The van der Waals surface area contributed by atoms with E-state index >= 15 is 0 Å². The van der Waals surface area contributed by atoms with Crippen LogP contribution in [0.2, 0.25) is 0 Å². The van der Waals surface area contributed by atoms with Crippen molar-refractivity contribution in [1.29, 1.82) is 5.26 Å². The van der Waals surface area contributed by atoms with E-state index in [0.29, 0.717) is 5.56 Å². The molecule has 0 fully saturated rings. The quantitative estimate of drug-likeness (QED) is 0.658. The van der Waals surface area contributed by atoms with Gasteiger partial charge in [0, 0.05) is 0 Å². The Bertz CT molecular complexity index is 299. The molecule has 0 aliphatic rings. The number of nitrogens with zero attached hydrogens (tertiary/aromatic N) is 1. The highest BCUT2D eigenvalue weighted by molar-refractivity contribution is 5.44. The van der Waals surface area contributed by atoms with Crippen LogP contribution in [-0.2, 0) is 6.42 Å². The van der Waals surface area contributed by atoms with Crippen LogP contribution < -0.4 is 0 Å². The largest absolute Gasteiger partial charge is 0.507 e. The molecule has 0 aliphatic heterocycles. The minimum Gasteiger partial charge on any atom is -0.507 e. The molecule has 0 heterocycles. The van der Waals surface area contributed by atoms with Crippen LogP contribution in [0.5, 0.6) is 5.75 Å². The Hall–Kier alpha value is -1.49. The number of phenols is 1. The van der Waals surface area contributed by atoms with Crippen LogP contribution in [0.15, 0.2) is 18.2 Å². The van der Waals surface area contributed by atoms with Crippen LogP contribution in [0.1, 0.15) is 18.1 Å². The first-order valence-electron chi connectivity index (χ1n) is 3.50. The molecule has 0 atom stereocenters. The zero-order valence-electron chi connectivity index (χ0n) is 6.33. The van der Waals surface area contributed by atoms with Gasteiger partial charge in [0.15, 0.2) is 0 Å². The highest BCUT2D eigenvalue weighted by atomic mass is 16.3. The maximum atomic E-state index is 9.11. The van der Waals surface area contributed by atoms with Crippen molar-refractivity contribution in [2.24, 2.45) is 0 Å². The molecule has 0 aromatic heterocycles. The van der Waals surface area contributed by atoms with Crippen molar-refractivity contribution < 1.29 is 5.11 Å². The van der Waals surface area contributed by atoms with Gasteiger partial charge in [-0.3, -0.25) is 0 Å². The molecule has 56 valence electrons. The zero-order valence-corrected chi connectivity index (χ0v) is 6.33. The molecule has 0 unspecified atom stereocenters. The molecule has 2 nitrogen and oxygen atoms in total. The lowest BCUT2D eigenvalue weighted by molar-refractivity contribution is 0.473. The summed E-state index contributed by atoms with van der Waals surface area (Å²) in [6.45, 7) is 2.01. The van der Waals surface area contributed by atoms with Gasteiger partial charge >= 0.3 is 0 Å². The Morgan fingerprint density at radius 1 is 1.55 bits per heavy atom. The number of hydrogen-bond donors (Lipinski definition) is 1. The number of rotatable bonds is 1. The maximum absolute atomic E-state index is 9.11. The lowest BCUT2D eigenvalue weighted by atomic mass is 10.1. The summed E-state index contributed by atoms with van der Waals surface area (Å²) in [4.78, 5) is 0. The number of benzene rings is 1. The second-order valence-electron chi connectivity index (χ2n) is 2.32. The summed E-state index contributed by atoms with van der Waals surface area (Å²) < 4.78 is 0. The molecule has 0 radical (unpaired) electrons. The number of phenolic OH excluding ortho intramolecular Hbond substituents is 1. The molecule has 0 spiro atoms. The summed E-state index contributed by atoms with van der Waals surface area (Å²) in [6.07, 6.45) is 0.884. The Morgan fingerprint density at radius 2 is 2.27 bits per heavy atom. The van der Waals surface area contributed by atoms with E-state index in [1.165, 1.54) is 0 Å². The average Bonchev–Trinajstić information content (AvgIpc) is 2.05. The molecule has 1 aromatic carbocycles. The maximum Gasteiger partial charge on any atom is 0.133 e. The summed E-state index contributed by atoms with van der Waals surface area (Å²) in [5.41, 5.74) is 1.42. The molecule has 11 heavy (non-hydrogen) atoms. The highest BCUT2D eigenvalue weighted by Gasteiger charge is 1.98. The number of aryl methyl sites for hydroxylation is 1. The van der Waals surface area contributed by atoms with Gasteiger partial charge in [0.1, 0.15) is 11.8 Å². The van der Waals surface area contributed by atoms with Crippen molar-refractivity contribution in [3.05, 3.63) is 29.3 Å². The van der Waals surface area contributed by atoms with Gasteiger partial charge in [-0.05, 0) is 24.1 Å². The van der Waals surface area contributed by atoms with E-state index in [0.717, 1.165) is 12.0 Å². The zero-order chi connectivity index (χ0) is 8.27. The third-order valence-corrected chi connectivity index (χ3v) is 1.59. The van der Waals surface area contributed by atoms with Gasteiger partial charge in [0.25, 0.3) is 0 Å². The average molecular weight is 147 g/mol. The standard InChI is InChI=1S/C9H9NO/c1-2-7-3-4-9(11)8(5-7)6-10/h3-5,11H,2H2,1H3. The van der Waals surface area contributed by atoms with E-state index in [1.807, 2.05) is 19.1 Å². The number of aromatic hydroxyl groups is 1. The van der Waals surface area contributed by atoms with E-state index in [1.54, 1.807) is 12.1 Å². The van der Waals surface area contributed by atoms with Crippen molar-refractivity contribution >= 4 is 0 Å². The summed E-state index contributed by atoms with van der Waals surface area (Å²) >= 11 is 0. The molecule has 1 aromatic rings. The SMILES string of the molecule is CCc1ccc(O)c(C#N)c1. The van der Waals surface area contributed by atoms with Crippen molar-refractivity contribution in [3.8, 4) is 11.8 Å². The van der Waals surface area contributed by atoms with Gasteiger partial charge in [-0.2, -0.15) is 5.26 Å². The lowest BCUT2D eigenvalue weighted by Gasteiger charge is -1.98. The first kappa shape index (κ1) is 7.62. The van der Waals surface area contributed by atoms with E-state index in [-0.39, 0.29) is 5.75 Å². The van der Waals surface area contributed by atoms with E-state index < -0.39 is 0 Å². The topological polar surface area (TPSA) is 44.0 Å². The van der Waals surface area contributed by atoms with Gasteiger partial charge < -0.3 is 5.11 Å². The summed E-state index contributed by atoms with van der Waals surface area (Å²) in [5.74, 6) is 0.0599. The number of hydrogen-bond acceptors (Lipinski definition) is 2. The third-order valence-electron chi connectivity index (χ3n) is 1.59. The van der Waals surface area contributed by atoms with Crippen LogP contribution in [0.25, 0.3) is 0 Å². The predicted molar refractivity (Wildman–Crippen MR) is 42.2 cm³/mol. The molecule has 0 bridgehead atoms. The summed E-state index contributed by atoms with van der Waals surface area (Å²) in [7, 11) is 0. The molecular weight excluding hydrogens is 138 g/mol. The van der Waals surface area contributed by atoms with E-state index in [4.69, 9.17) is 10.4 Å². The van der Waals surface area contributed by atoms with Gasteiger partial charge in [-0.15, -0.1) is 0 Å². The minimum atomic E-state index is 0.0599. The summed E-state index contributed by atoms with van der Waals surface area (Å²) in [6, 6.07) is 6.99. The van der Waals surface area contributed by atoms with Gasteiger partial charge in [-0.1, -0.05) is 13.0 Å². The first-order chi connectivity index (χ1) is 5.27. The molecule has 1 N–H and O–H groups in total. The molecule has 0 saturated heterocycles. The van der Waals surface area contributed by atoms with E-state index in [9.17, 15) is 0 Å². The van der Waals surface area contributed by atoms with Crippen LogP contribution in [0, 0.1) is 11.3 Å². The Kier molecular flexibility index (Phi) is 2.12. The Labute approximate surface area is 65.7 Å². The monoisotopic (exact) mass is 147 g/mol. The first-order valence-corrected chi connectivity index (χ1v) is 3.50. The minimum absolute atomic E-state index is 0.0599. The molecular formula is C9H9NO. The van der Waals surface area contributed by atoms with Crippen molar-refractivity contribution in [3.63, 3.8) is 0 Å². The smallest absolute Gasteiger partial charge is 0.133 e. The van der Waals surface area contributed by atoms with Crippen molar-refractivity contribution in [1.82, 2.24) is 0 Å². The van der Waals surface area contributed by atoms with E-state index in [2.05, 4.69) is 0 Å². The van der Waals surface area contributed by atoms with Crippen LogP contribution in [-0.4, -0.2) is 5.11 Å². The lowest BCUT2D eigenvalue weighted by Crippen LogP contribution is -1.82. The van der Waals surface area contributed by atoms with Crippen LogP contribution in [0.4, 0.5) is 0 Å². The molecule has 2 heteroatoms. The Morgan fingerprint density at radius 3 is 2.82 bits per heavy atom. The fraction of sp³-hybridized carbons (Fsp3) is 0.222. The van der Waals surface area contributed by atoms with Crippen LogP contribution in [0.3, 0.4) is 0 Å². The highest BCUT2D eigenvalue weighted by Crippen LogP contribution is 2.17. The molecule has 0 aliphatic carbocycles.